The Bertz CT molecular complexity index is 563. The Balaban J connectivity index is 1.43. The molecule has 0 aromatic heterocycles. The Morgan fingerprint density at radius 3 is 2.32 bits per heavy atom. The largest absolute Gasteiger partial charge is 0.355 e. The molecule has 2 fully saturated rings. The zero-order chi connectivity index (χ0) is 17.7. The zero-order valence-electron chi connectivity index (χ0n) is 15.3. The topological polar surface area (TPSA) is 35.6 Å². The number of nitrogens with one attached hydrogen (secondary N) is 1. The summed E-state index contributed by atoms with van der Waals surface area (Å²) in [6, 6.07) is 6.44. The van der Waals surface area contributed by atoms with Gasteiger partial charge in [0.15, 0.2) is 0 Å². The molecule has 0 radical (unpaired) electrons. The first-order chi connectivity index (χ1) is 12.1. The number of halogens is 1. The minimum Gasteiger partial charge on any atom is -0.355 e. The fourth-order valence-electron chi connectivity index (χ4n) is 3.95. The third-order valence-corrected chi connectivity index (χ3v) is 5.89. The fourth-order valence-corrected chi connectivity index (χ4v) is 3.95. The monoisotopic (exact) mass is 347 g/mol. The first-order valence-corrected chi connectivity index (χ1v) is 9.63. The minimum absolute atomic E-state index is 0.112. The van der Waals surface area contributed by atoms with Gasteiger partial charge in [-0.3, -0.25) is 4.79 Å². The molecule has 1 aromatic carbocycles. The van der Waals surface area contributed by atoms with E-state index in [2.05, 4.69) is 22.0 Å². The van der Waals surface area contributed by atoms with Crippen molar-refractivity contribution < 1.29 is 9.18 Å². The van der Waals surface area contributed by atoms with Gasteiger partial charge in [-0.25, -0.2) is 4.39 Å². The summed E-state index contributed by atoms with van der Waals surface area (Å²) in [7, 11) is 0. The van der Waals surface area contributed by atoms with Gasteiger partial charge in [0.05, 0.1) is 5.41 Å². The second kappa shape index (κ2) is 8.28. The van der Waals surface area contributed by atoms with Crippen LogP contribution in [0.2, 0.25) is 0 Å². The van der Waals surface area contributed by atoms with Gasteiger partial charge < -0.3 is 15.1 Å². The number of likely N-dealkylation sites (N-methyl/N-ethyl adjacent to an activating group) is 1. The highest BCUT2D eigenvalue weighted by atomic mass is 19.1. The third-order valence-electron chi connectivity index (χ3n) is 5.89. The van der Waals surface area contributed by atoms with Gasteiger partial charge in [0.25, 0.3) is 0 Å². The van der Waals surface area contributed by atoms with E-state index in [1.165, 1.54) is 12.1 Å². The first kappa shape index (κ1) is 18.3. The maximum Gasteiger partial charge on any atom is 0.230 e. The molecule has 1 N–H and O–H groups in total. The predicted octanol–water partition coefficient (Wildman–Crippen LogP) is 2.39. The summed E-state index contributed by atoms with van der Waals surface area (Å²) in [6.07, 6.45) is 3.77. The van der Waals surface area contributed by atoms with Crippen molar-refractivity contribution in [2.75, 3.05) is 45.8 Å². The highest BCUT2D eigenvalue weighted by Crippen LogP contribution is 2.43. The van der Waals surface area contributed by atoms with Crippen LogP contribution in [-0.4, -0.2) is 61.5 Å². The quantitative estimate of drug-likeness (QED) is 0.770. The normalized spacial score (nSPS) is 20.9. The van der Waals surface area contributed by atoms with Crippen molar-refractivity contribution in [3.63, 3.8) is 0 Å². The molecule has 1 aliphatic carbocycles. The average Bonchev–Trinajstić information content (AvgIpc) is 2.60. The lowest BCUT2D eigenvalue weighted by Crippen LogP contribution is -2.50. The van der Waals surface area contributed by atoms with Gasteiger partial charge >= 0.3 is 0 Å². The SMILES string of the molecule is CCN1CCN(CCCNC(=O)C2(c3ccc(F)cc3)CCC2)CC1. The summed E-state index contributed by atoms with van der Waals surface area (Å²) in [5.74, 6) is -0.136. The van der Waals surface area contributed by atoms with Crippen LogP contribution in [0.3, 0.4) is 0 Å². The molecular formula is C20H30FN3O. The molecule has 138 valence electrons. The Kier molecular flexibility index (Phi) is 6.07. The number of nitrogens with zero attached hydrogens (tertiary/aromatic N) is 2. The summed E-state index contributed by atoms with van der Waals surface area (Å²) in [6.45, 7) is 9.66. The van der Waals surface area contributed by atoms with Gasteiger partial charge in [0, 0.05) is 32.7 Å². The van der Waals surface area contributed by atoms with Crippen molar-refractivity contribution in [1.29, 1.82) is 0 Å². The lowest BCUT2D eigenvalue weighted by molar-refractivity contribution is -0.129. The van der Waals surface area contributed by atoms with E-state index in [4.69, 9.17) is 0 Å². The number of rotatable bonds is 7. The fraction of sp³-hybridized carbons (Fsp3) is 0.650. The molecule has 5 heteroatoms. The number of carbonyl (C=O) groups excluding carboxylic acids is 1. The molecule has 1 saturated carbocycles. The van der Waals surface area contributed by atoms with Crippen LogP contribution in [0.1, 0.15) is 38.2 Å². The Morgan fingerprint density at radius 2 is 1.76 bits per heavy atom. The molecule has 0 unspecified atom stereocenters. The molecule has 1 saturated heterocycles. The van der Waals surface area contributed by atoms with Crippen LogP contribution in [-0.2, 0) is 10.2 Å². The van der Waals surface area contributed by atoms with Gasteiger partial charge in [-0.1, -0.05) is 25.5 Å². The second-order valence-electron chi connectivity index (χ2n) is 7.33. The van der Waals surface area contributed by atoms with Crippen molar-refractivity contribution in [3.05, 3.63) is 35.6 Å². The molecule has 4 nitrogen and oxygen atoms in total. The van der Waals surface area contributed by atoms with E-state index in [9.17, 15) is 9.18 Å². The number of piperazine rings is 1. The van der Waals surface area contributed by atoms with Crippen molar-refractivity contribution in [1.82, 2.24) is 15.1 Å². The van der Waals surface area contributed by atoms with Crippen LogP contribution in [0.25, 0.3) is 0 Å². The Hall–Kier alpha value is -1.46. The standard InChI is InChI=1S/C20H30FN3O/c1-2-23-13-15-24(16-14-23)12-4-11-22-19(25)20(9-3-10-20)17-5-7-18(21)8-6-17/h5-8H,2-4,9-16H2,1H3,(H,22,25). The van der Waals surface area contributed by atoms with Gasteiger partial charge in [0.2, 0.25) is 5.91 Å². The van der Waals surface area contributed by atoms with Crippen LogP contribution in [0.5, 0.6) is 0 Å². The predicted molar refractivity (Wildman–Crippen MR) is 98.1 cm³/mol. The van der Waals surface area contributed by atoms with Crippen LogP contribution >= 0.6 is 0 Å². The molecule has 0 atom stereocenters. The highest BCUT2D eigenvalue weighted by molar-refractivity contribution is 5.89. The smallest absolute Gasteiger partial charge is 0.230 e. The van der Waals surface area contributed by atoms with E-state index in [0.29, 0.717) is 0 Å². The number of benzene rings is 1. The molecule has 3 rings (SSSR count). The molecule has 0 spiro atoms. The van der Waals surface area contributed by atoms with Crippen LogP contribution in [0.4, 0.5) is 4.39 Å². The summed E-state index contributed by atoms with van der Waals surface area (Å²) < 4.78 is 13.2. The Labute approximate surface area is 150 Å². The van der Waals surface area contributed by atoms with Crippen molar-refractivity contribution in [2.24, 2.45) is 0 Å². The van der Waals surface area contributed by atoms with Gasteiger partial charge in [-0.2, -0.15) is 0 Å². The second-order valence-corrected chi connectivity index (χ2v) is 7.33. The van der Waals surface area contributed by atoms with E-state index < -0.39 is 5.41 Å². The van der Waals surface area contributed by atoms with Crippen molar-refractivity contribution in [3.8, 4) is 0 Å². The van der Waals surface area contributed by atoms with E-state index in [-0.39, 0.29) is 11.7 Å². The lowest BCUT2D eigenvalue weighted by atomic mass is 9.64. The van der Waals surface area contributed by atoms with Gasteiger partial charge in [0.1, 0.15) is 5.82 Å². The molecular weight excluding hydrogens is 317 g/mol. The number of amides is 1. The molecule has 0 bridgehead atoms. The van der Waals surface area contributed by atoms with Gasteiger partial charge in [-0.15, -0.1) is 0 Å². The van der Waals surface area contributed by atoms with Crippen LogP contribution < -0.4 is 5.32 Å². The first-order valence-electron chi connectivity index (χ1n) is 9.63. The van der Waals surface area contributed by atoms with Crippen LogP contribution in [0.15, 0.2) is 24.3 Å². The average molecular weight is 347 g/mol. The van der Waals surface area contributed by atoms with Crippen LogP contribution in [0, 0.1) is 5.82 Å². The summed E-state index contributed by atoms with van der Waals surface area (Å²) in [5, 5.41) is 3.13. The summed E-state index contributed by atoms with van der Waals surface area (Å²) >= 11 is 0. The summed E-state index contributed by atoms with van der Waals surface area (Å²) in [5.41, 5.74) is 0.522. The van der Waals surface area contributed by atoms with E-state index in [0.717, 1.165) is 77.1 Å². The zero-order valence-corrected chi connectivity index (χ0v) is 15.3. The maximum atomic E-state index is 13.2. The maximum absolute atomic E-state index is 13.2. The number of carbonyl (C=O) groups is 1. The molecule has 2 aliphatic rings. The Morgan fingerprint density at radius 1 is 1.12 bits per heavy atom. The molecule has 1 aromatic rings. The molecule has 1 aliphatic heterocycles. The number of hydrogen-bond acceptors (Lipinski definition) is 3. The molecule has 1 heterocycles. The van der Waals surface area contributed by atoms with E-state index in [1.54, 1.807) is 12.1 Å². The van der Waals surface area contributed by atoms with E-state index in [1.807, 2.05) is 0 Å². The molecule has 1 amide bonds. The summed E-state index contributed by atoms with van der Waals surface area (Å²) in [4.78, 5) is 17.7. The molecule has 25 heavy (non-hydrogen) atoms. The third kappa shape index (κ3) is 4.21. The van der Waals surface area contributed by atoms with Gasteiger partial charge in [-0.05, 0) is 50.0 Å². The van der Waals surface area contributed by atoms with E-state index >= 15 is 0 Å². The number of hydrogen-bond donors (Lipinski definition) is 1. The van der Waals surface area contributed by atoms with Crippen molar-refractivity contribution >= 4 is 5.91 Å². The minimum atomic E-state index is -0.430. The lowest BCUT2D eigenvalue weighted by Gasteiger charge is -2.40. The van der Waals surface area contributed by atoms with Crippen molar-refractivity contribution in [2.45, 2.75) is 38.0 Å². The highest BCUT2D eigenvalue weighted by Gasteiger charge is 2.45.